The molecule has 0 spiro atoms. The van der Waals surface area contributed by atoms with Gasteiger partial charge in [-0.25, -0.2) is 0 Å². The molecule has 1 heteroatoms. The molecular weight excluding hydrogens is 266 g/mol. The summed E-state index contributed by atoms with van der Waals surface area (Å²) in [4.78, 5) is 3.14. The molecule has 0 heterocycles. The third-order valence-corrected chi connectivity index (χ3v) is 6.74. The van der Waals surface area contributed by atoms with Crippen LogP contribution in [0.4, 0.5) is 0 Å². The van der Waals surface area contributed by atoms with Crippen LogP contribution in [0.3, 0.4) is 0 Å². The van der Waals surface area contributed by atoms with Crippen molar-refractivity contribution in [2.75, 3.05) is 0 Å². The quantitative estimate of drug-likeness (QED) is 0.541. The van der Waals surface area contributed by atoms with Gasteiger partial charge in [-0.3, -0.25) is 4.90 Å². The lowest BCUT2D eigenvalue weighted by Gasteiger charge is -2.43. The summed E-state index contributed by atoms with van der Waals surface area (Å²) in [5.41, 5.74) is 0. The second kappa shape index (κ2) is 9.30. The van der Waals surface area contributed by atoms with E-state index in [1.54, 1.807) is 0 Å². The zero-order valence-electron chi connectivity index (χ0n) is 14.9. The van der Waals surface area contributed by atoms with Crippen molar-refractivity contribution in [1.29, 1.82) is 0 Å². The van der Waals surface area contributed by atoms with Crippen LogP contribution in [0.2, 0.25) is 0 Å². The highest BCUT2D eigenvalue weighted by Crippen LogP contribution is 2.34. The summed E-state index contributed by atoms with van der Waals surface area (Å²) in [6.45, 7) is 0. The predicted molar refractivity (Wildman–Crippen MR) is 96.3 cm³/mol. The van der Waals surface area contributed by atoms with Gasteiger partial charge in [0.25, 0.3) is 0 Å². The predicted octanol–water partition coefficient (Wildman–Crippen LogP) is 6.46. The van der Waals surface area contributed by atoms with Crippen LogP contribution in [0, 0.1) is 0 Å². The Balaban J connectivity index is 1.72. The van der Waals surface area contributed by atoms with Crippen LogP contribution >= 0.6 is 0 Å². The molecule has 0 aliphatic heterocycles. The molecule has 1 nitrogen and oxygen atoms in total. The van der Waals surface area contributed by atoms with Gasteiger partial charge >= 0.3 is 0 Å². The summed E-state index contributed by atoms with van der Waals surface area (Å²) < 4.78 is 0. The van der Waals surface area contributed by atoms with E-state index >= 15 is 0 Å². The van der Waals surface area contributed by atoms with Crippen molar-refractivity contribution in [2.24, 2.45) is 0 Å². The van der Waals surface area contributed by atoms with Gasteiger partial charge < -0.3 is 0 Å². The normalized spacial score (nSPS) is 28.2. The van der Waals surface area contributed by atoms with Gasteiger partial charge in [-0.1, -0.05) is 77.0 Å². The SMILES string of the molecule is C1CCCC(N(C2CCCCCC2)C2CCCCCC2)CC1. The topological polar surface area (TPSA) is 3.24 Å². The molecule has 0 bridgehead atoms. The molecule has 3 saturated carbocycles. The zero-order chi connectivity index (χ0) is 15.0. The first kappa shape index (κ1) is 16.8. The second-order valence-electron chi connectivity index (χ2n) is 8.38. The van der Waals surface area contributed by atoms with Crippen molar-refractivity contribution >= 4 is 0 Å². The van der Waals surface area contributed by atoms with E-state index in [1.807, 2.05) is 0 Å². The molecule has 0 amide bonds. The molecule has 128 valence electrons. The van der Waals surface area contributed by atoms with E-state index in [4.69, 9.17) is 0 Å². The molecule has 3 fully saturated rings. The Kier molecular flexibility index (Phi) is 7.11. The van der Waals surface area contributed by atoms with Crippen molar-refractivity contribution in [3.8, 4) is 0 Å². The third-order valence-electron chi connectivity index (χ3n) is 6.74. The Hall–Kier alpha value is -0.0400. The van der Waals surface area contributed by atoms with E-state index in [2.05, 4.69) is 4.90 Å². The van der Waals surface area contributed by atoms with Crippen molar-refractivity contribution < 1.29 is 0 Å². The molecular formula is C21H39N. The van der Waals surface area contributed by atoms with Gasteiger partial charge in [-0.05, 0) is 38.5 Å². The van der Waals surface area contributed by atoms with Crippen molar-refractivity contribution in [3.05, 3.63) is 0 Å². The van der Waals surface area contributed by atoms with E-state index in [-0.39, 0.29) is 0 Å². The van der Waals surface area contributed by atoms with Gasteiger partial charge in [0.1, 0.15) is 0 Å². The first-order valence-electron chi connectivity index (χ1n) is 10.7. The Labute approximate surface area is 139 Å². The van der Waals surface area contributed by atoms with E-state index in [0.29, 0.717) is 0 Å². The van der Waals surface area contributed by atoms with Crippen molar-refractivity contribution in [2.45, 2.75) is 134 Å². The number of hydrogen-bond acceptors (Lipinski definition) is 1. The standard InChI is InChI=1S/C21H39N/c1-2-8-14-19(13-7-1)22(20-15-9-3-4-10-16-20)21-17-11-5-6-12-18-21/h19-21H,1-18H2. The monoisotopic (exact) mass is 305 g/mol. The number of nitrogens with zero attached hydrogens (tertiary/aromatic N) is 1. The van der Waals surface area contributed by atoms with Crippen LogP contribution in [-0.2, 0) is 0 Å². The maximum Gasteiger partial charge on any atom is 0.0101 e. The molecule has 0 unspecified atom stereocenters. The molecule has 3 aliphatic rings. The lowest BCUT2D eigenvalue weighted by atomic mass is 9.94. The Morgan fingerprint density at radius 1 is 0.318 bits per heavy atom. The van der Waals surface area contributed by atoms with Gasteiger partial charge in [-0.2, -0.15) is 0 Å². The zero-order valence-corrected chi connectivity index (χ0v) is 14.9. The van der Waals surface area contributed by atoms with Gasteiger partial charge in [0.2, 0.25) is 0 Å². The van der Waals surface area contributed by atoms with E-state index < -0.39 is 0 Å². The summed E-state index contributed by atoms with van der Waals surface area (Å²) >= 11 is 0. The molecule has 22 heavy (non-hydrogen) atoms. The van der Waals surface area contributed by atoms with Crippen molar-refractivity contribution in [1.82, 2.24) is 4.90 Å². The summed E-state index contributed by atoms with van der Waals surface area (Å²) in [7, 11) is 0. The first-order valence-corrected chi connectivity index (χ1v) is 10.7. The number of rotatable bonds is 3. The fourth-order valence-electron chi connectivity index (χ4n) is 5.56. The maximum atomic E-state index is 3.14. The maximum absolute atomic E-state index is 3.14. The largest absolute Gasteiger partial charge is 0.294 e. The Morgan fingerprint density at radius 3 is 0.773 bits per heavy atom. The summed E-state index contributed by atoms with van der Waals surface area (Å²) in [6.07, 6.45) is 27.0. The minimum atomic E-state index is 0.939. The van der Waals surface area contributed by atoms with Crippen LogP contribution in [0.15, 0.2) is 0 Å². The molecule has 0 aromatic rings. The van der Waals surface area contributed by atoms with Crippen LogP contribution in [0.1, 0.15) is 116 Å². The minimum absolute atomic E-state index is 0.939. The molecule has 3 aliphatic carbocycles. The van der Waals surface area contributed by atoms with E-state index in [9.17, 15) is 0 Å². The Morgan fingerprint density at radius 2 is 0.545 bits per heavy atom. The highest BCUT2D eigenvalue weighted by molar-refractivity contribution is 4.88. The Bertz CT molecular complexity index is 229. The summed E-state index contributed by atoms with van der Waals surface area (Å²) in [5, 5.41) is 0. The minimum Gasteiger partial charge on any atom is -0.294 e. The van der Waals surface area contributed by atoms with Gasteiger partial charge in [0, 0.05) is 18.1 Å². The molecule has 0 aromatic heterocycles. The highest BCUT2D eigenvalue weighted by atomic mass is 15.2. The second-order valence-corrected chi connectivity index (χ2v) is 8.38. The average molecular weight is 306 g/mol. The average Bonchev–Trinajstić information content (AvgIpc) is 3.04. The molecule has 0 saturated heterocycles. The van der Waals surface area contributed by atoms with E-state index in [1.165, 1.54) is 116 Å². The highest BCUT2D eigenvalue weighted by Gasteiger charge is 2.33. The molecule has 0 aromatic carbocycles. The molecule has 0 atom stereocenters. The first-order chi connectivity index (χ1) is 10.9. The van der Waals surface area contributed by atoms with Gasteiger partial charge in [-0.15, -0.1) is 0 Å². The lowest BCUT2D eigenvalue weighted by molar-refractivity contribution is 0.0511. The molecule has 0 radical (unpaired) electrons. The fourth-order valence-corrected chi connectivity index (χ4v) is 5.56. The molecule has 3 rings (SSSR count). The van der Waals surface area contributed by atoms with Crippen molar-refractivity contribution in [3.63, 3.8) is 0 Å². The van der Waals surface area contributed by atoms with Crippen LogP contribution in [0.25, 0.3) is 0 Å². The molecule has 0 N–H and O–H groups in total. The summed E-state index contributed by atoms with van der Waals surface area (Å²) in [5.74, 6) is 0. The van der Waals surface area contributed by atoms with Gasteiger partial charge in [0.05, 0.1) is 0 Å². The van der Waals surface area contributed by atoms with E-state index in [0.717, 1.165) is 18.1 Å². The lowest BCUT2D eigenvalue weighted by Crippen LogP contribution is -2.49. The summed E-state index contributed by atoms with van der Waals surface area (Å²) in [6, 6.07) is 2.82. The third kappa shape index (κ3) is 4.73. The number of hydrogen-bond donors (Lipinski definition) is 0. The van der Waals surface area contributed by atoms with Crippen LogP contribution in [0.5, 0.6) is 0 Å². The van der Waals surface area contributed by atoms with Crippen LogP contribution in [-0.4, -0.2) is 23.0 Å². The van der Waals surface area contributed by atoms with Crippen LogP contribution < -0.4 is 0 Å². The fraction of sp³-hybridized carbons (Fsp3) is 1.00. The van der Waals surface area contributed by atoms with Gasteiger partial charge in [0.15, 0.2) is 0 Å². The smallest absolute Gasteiger partial charge is 0.0101 e.